The molecular formula is C23H29N4O4+. The number of rotatable bonds is 6. The Kier molecular flexibility index (Phi) is 5.66. The van der Waals surface area contributed by atoms with E-state index in [0.717, 1.165) is 42.8 Å². The summed E-state index contributed by atoms with van der Waals surface area (Å²) in [7, 11) is 0. The van der Waals surface area contributed by atoms with Crippen LogP contribution in [0.15, 0.2) is 30.3 Å². The molecule has 0 amide bonds. The molecule has 1 aromatic carbocycles. The van der Waals surface area contributed by atoms with Gasteiger partial charge in [0.2, 0.25) is 0 Å². The van der Waals surface area contributed by atoms with Crippen LogP contribution in [-0.2, 0) is 25.6 Å². The molecule has 1 unspecified atom stereocenters. The van der Waals surface area contributed by atoms with Gasteiger partial charge in [0.15, 0.2) is 12.6 Å². The average molecular weight is 426 g/mol. The predicted octanol–water partition coefficient (Wildman–Crippen LogP) is 1.82. The van der Waals surface area contributed by atoms with Crippen molar-refractivity contribution in [2.75, 3.05) is 18.1 Å². The molecule has 2 aromatic rings. The molecular weight excluding hydrogens is 396 g/mol. The average Bonchev–Trinajstić information content (AvgIpc) is 3.01. The summed E-state index contributed by atoms with van der Waals surface area (Å²) in [5.41, 5.74) is 3.27. The van der Waals surface area contributed by atoms with Crippen molar-refractivity contribution in [1.82, 2.24) is 9.97 Å². The lowest BCUT2D eigenvalue weighted by atomic mass is 10.0. The molecule has 0 saturated carbocycles. The Balaban J connectivity index is 1.46. The highest BCUT2D eigenvalue weighted by Crippen LogP contribution is 2.30. The molecule has 4 rings (SSSR count). The third kappa shape index (κ3) is 4.54. The SMILES string of the molecule is Cc1nc(C)c2c(n1)[NH+](CCCC1C(=O)OC(C)(C)OC1=O)CN2Cc1ccccc1. The Bertz CT molecular complexity index is 973. The monoisotopic (exact) mass is 425 g/mol. The lowest BCUT2D eigenvalue weighted by Gasteiger charge is -2.32. The molecule has 1 saturated heterocycles. The highest BCUT2D eigenvalue weighted by atomic mass is 16.7. The fourth-order valence-corrected chi connectivity index (χ4v) is 4.35. The van der Waals surface area contributed by atoms with Crippen molar-refractivity contribution in [3.63, 3.8) is 0 Å². The second kappa shape index (κ2) is 8.26. The van der Waals surface area contributed by atoms with E-state index in [1.54, 1.807) is 13.8 Å². The lowest BCUT2D eigenvalue weighted by molar-refractivity contribution is -0.828. The summed E-state index contributed by atoms with van der Waals surface area (Å²) in [5, 5.41) is 0. The third-order valence-corrected chi connectivity index (χ3v) is 5.65. The van der Waals surface area contributed by atoms with E-state index in [1.807, 2.05) is 32.0 Å². The molecule has 1 aromatic heterocycles. The highest BCUT2D eigenvalue weighted by Gasteiger charge is 2.43. The number of carbonyl (C=O) groups is 2. The zero-order valence-corrected chi connectivity index (χ0v) is 18.5. The molecule has 8 heteroatoms. The molecule has 2 aliphatic heterocycles. The van der Waals surface area contributed by atoms with Crippen molar-refractivity contribution in [3.05, 3.63) is 47.4 Å². The number of fused-ring (bicyclic) bond motifs is 1. The van der Waals surface area contributed by atoms with Gasteiger partial charge >= 0.3 is 11.9 Å². The Morgan fingerprint density at radius 1 is 1.10 bits per heavy atom. The number of quaternary nitrogens is 1. The first kappa shape index (κ1) is 21.2. The summed E-state index contributed by atoms with van der Waals surface area (Å²) in [4.78, 5) is 37.3. The molecule has 31 heavy (non-hydrogen) atoms. The van der Waals surface area contributed by atoms with E-state index < -0.39 is 23.6 Å². The van der Waals surface area contributed by atoms with Crippen molar-refractivity contribution < 1.29 is 24.0 Å². The van der Waals surface area contributed by atoms with Crippen LogP contribution in [0.4, 0.5) is 11.5 Å². The maximum atomic E-state index is 12.2. The number of aromatic nitrogens is 2. The topological polar surface area (TPSA) is 86.1 Å². The number of cyclic esters (lactones) is 2. The molecule has 3 heterocycles. The summed E-state index contributed by atoms with van der Waals surface area (Å²) in [6.45, 7) is 9.34. The van der Waals surface area contributed by atoms with Crippen molar-refractivity contribution in [2.24, 2.45) is 5.92 Å². The van der Waals surface area contributed by atoms with Crippen molar-refractivity contribution in [1.29, 1.82) is 0 Å². The van der Waals surface area contributed by atoms with Crippen molar-refractivity contribution in [3.8, 4) is 0 Å². The maximum Gasteiger partial charge on any atom is 0.323 e. The number of esters is 2. The van der Waals surface area contributed by atoms with Crippen LogP contribution in [0.5, 0.6) is 0 Å². The Labute approximate surface area is 182 Å². The molecule has 1 N–H and O–H groups in total. The second-order valence-corrected chi connectivity index (χ2v) is 8.69. The van der Waals surface area contributed by atoms with Crippen LogP contribution in [0.25, 0.3) is 0 Å². The van der Waals surface area contributed by atoms with E-state index in [0.29, 0.717) is 12.8 Å². The number of anilines is 1. The standard InChI is InChI=1S/C23H28N4O4/c1-15-19-20(25-16(2)24-15)26(14-27(19)13-17-9-6-5-7-10-17)12-8-11-18-21(28)30-23(3,4)31-22(18)29/h5-7,9-10,18H,8,11-14H2,1-4H3/p+1. The number of ether oxygens (including phenoxy) is 2. The molecule has 8 nitrogen and oxygen atoms in total. The number of benzene rings is 1. The largest absolute Gasteiger partial charge is 0.422 e. The zero-order chi connectivity index (χ0) is 22.2. The summed E-state index contributed by atoms with van der Waals surface area (Å²) in [6.07, 6.45) is 1.07. The van der Waals surface area contributed by atoms with Crippen LogP contribution < -0.4 is 9.80 Å². The van der Waals surface area contributed by atoms with Crippen LogP contribution in [0.1, 0.15) is 43.8 Å². The maximum absolute atomic E-state index is 12.2. The van der Waals surface area contributed by atoms with Gasteiger partial charge in [0.25, 0.3) is 11.6 Å². The Hall–Kier alpha value is -3.00. The van der Waals surface area contributed by atoms with Gasteiger partial charge in [0, 0.05) is 20.4 Å². The number of hydrogen-bond donors (Lipinski definition) is 1. The van der Waals surface area contributed by atoms with Gasteiger partial charge in [-0.1, -0.05) is 30.3 Å². The van der Waals surface area contributed by atoms with Gasteiger partial charge in [-0.05, 0) is 32.3 Å². The third-order valence-electron chi connectivity index (χ3n) is 5.65. The van der Waals surface area contributed by atoms with E-state index in [9.17, 15) is 9.59 Å². The number of aryl methyl sites for hydroxylation is 2. The number of hydrogen-bond acceptors (Lipinski definition) is 7. The Morgan fingerprint density at radius 3 is 2.45 bits per heavy atom. The fraction of sp³-hybridized carbons (Fsp3) is 0.478. The molecule has 0 radical (unpaired) electrons. The van der Waals surface area contributed by atoms with Crippen LogP contribution in [0.2, 0.25) is 0 Å². The molecule has 0 aliphatic carbocycles. The van der Waals surface area contributed by atoms with Gasteiger partial charge in [-0.3, -0.25) is 14.5 Å². The van der Waals surface area contributed by atoms with E-state index >= 15 is 0 Å². The number of nitrogens with zero attached hydrogens (tertiary/aromatic N) is 3. The molecule has 1 fully saturated rings. The number of carbonyl (C=O) groups excluding carboxylic acids is 2. The lowest BCUT2D eigenvalue weighted by Crippen LogP contribution is -3.07. The molecule has 0 spiro atoms. The highest BCUT2D eigenvalue weighted by molar-refractivity contribution is 5.96. The van der Waals surface area contributed by atoms with Crippen molar-refractivity contribution in [2.45, 2.75) is 52.9 Å². The zero-order valence-electron chi connectivity index (χ0n) is 18.5. The first-order valence-electron chi connectivity index (χ1n) is 10.7. The minimum Gasteiger partial charge on any atom is -0.422 e. The van der Waals surface area contributed by atoms with E-state index in [1.165, 1.54) is 10.5 Å². The smallest absolute Gasteiger partial charge is 0.323 e. The normalized spacial score (nSPS) is 20.4. The van der Waals surface area contributed by atoms with Gasteiger partial charge < -0.3 is 14.4 Å². The predicted molar refractivity (Wildman–Crippen MR) is 113 cm³/mol. The van der Waals surface area contributed by atoms with E-state index in [4.69, 9.17) is 14.5 Å². The summed E-state index contributed by atoms with van der Waals surface area (Å²) in [5.74, 6) is -1.32. The molecule has 2 aliphatic rings. The summed E-state index contributed by atoms with van der Waals surface area (Å²) in [6, 6.07) is 10.3. The quantitative estimate of drug-likeness (QED) is 0.558. The minimum absolute atomic E-state index is 0.397. The van der Waals surface area contributed by atoms with Gasteiger partial charge in [-0.2, -0.15) is 4.98 Å². The van der Waals surface area contributed by atoms with Crippen LogP contribution in [0, 0.1) is 19.8 Å². The van der Waals surface area contributed by atoms with E-state index in [2.05, 4.69) is 22.0 Å². The van der Waals surface area contributed by atoms with Crippen LogP contribution in [-0.4, -0.2) is 40.9 Å². The second-order valence-electron chi connectivity index (χ2n) is 8.69. The summed E-state index contributed by atoms with van der Waals surface area (Å²) >= 11 is 0. The minimum atomic E-state index is -1.19. The van der Waals surface area contributed by atoms with Crippen molar-refractivity contribution >= 4 is 23.4 Å². The molecule has 164 valence electrons. The Morgan fingerprint density at radius 2 is 1.77 bits per heavy atom. The molecule has 0 bridgehead atoms. The first-order valence-corrected chi connectivity index (χ1v) is 10.7. The summed E-state index contributed by atoms with van der Waals surface area (Å²) < 4.78 is 10.5. The molecule has 1 atom stereocenters. The van der Waals surface area contributed by atoms with Gasteiger partial charge in [0.1, 0.15) is 11.5 Å². The van der Waals surface area contributed by atoms with E-state index in [-0.39, 0.29) is 0 Å². The fourth-order valence-electron chi connectivity index (χ4n) is 4.35. The number of nitrogens with one attached hydrogen (secondary N) is 1. The van der Waals surface area contributed by atoms with Gasteiger partial charge in [0.05, 0.1) is 12.2 Å². The van der Waals surface area contributed by atoms with Gasteiger partial charge in [-0.25, -0.2) is 4.98 Å². The van der Waals surface area contributed by atoms with Crippen LogP contribution >= 0.6 is 0 Å². The van der Waals surface area contributed by atoms with Gasteiger partial charge in [-0.15, -0.1) is 0 Å². The first-order chi connectivity index (χ1) is 14.7. The van der Waals surface area contributed by atoms with Crippen LogP contribution in [0.3, 0.4) is 0 Å².